The molecule has 20 heavy (non-hydrogen) atoms. The fraction of sp³-hybridized carbons (Fsp3) is 0.500. The van der Waals surface area contributed by atoms with Gasteiger partial charge in [-0.1, -0.05) is 0 Å². The maximum Gasteiger partial charge on any atom is 0.336 e. The van der Waals surface area contributed by atoms with Gasteiger partial charge in [0, 0.05) is 24.3 Å². The lowest BCUT2D eigenvalue weighted by molar-refractivity contribution is -0.385. The van der Waals surface area contributed by atoms with Crippen molar-refractivity contribution in [2.24, 2.45) is 0 Å². The molecule has 0 aromatic heterocycles. The molecule has 1 aliphatic heterocycles. The Morgan fingerprint density at radius 2 is 2.15 bits per heavy atom. The normalized spacial score (nSPS) is 18.9. The Labute approximate surface area is 117 Å². The van der Waals surface area contributed by atoms with Crippen LogP contribution in [0, 0.1) is 17.0 Å². The second-order valence-electron chi connectivity index (χ2n) is 5.24. The summed E-state index contributed by atoms with van der Waals surface area (Å²) >= 11 is 0. The number of nitro groups is 1. The fourth-order valence-electron chi connectivity index (χ4n) is 2.75. The summed E-state index contributed by atoms with van der Waals surface area (Å²) in [5, 5.41) is 20.2. The van der Waals surface area contributed by atoms with Crippen LogP contribution >= 0.6 is 0 Å². The van der Waals surface area contributed by atoms with Gasteiger partial charge in [0.2, 0.25) is 0 Å². The van der Waals surface area contributed by atoms with E-state index in [2.05, 4.69) is 11.8 Å². The Hall–Kier alpha value is -2.11. The van der Waals surface area contributed by atoms with Crippen LogP contribution in [0.5, 0.6) is 0 Å². The monoisotopic (exact) mass is 278 g/mol. The molecule has 2 rings (SSSR count). The van der Waals surface area contributed by atoms with E-state index in [9.17, 15) is 14.9 Å². The van der Waals surface area contributed by atoms with Crippen LogP contribution < -0.4 is 4.90 Å². The molecule has 1 saturated heterocycles. The van der Waals surface area contributed by atoms with Crippen molar-refractivity contribution in [3.05, 3.63) is 33.4 Å². The zero-order chi connectivity index (χ0) is 14.9. The van der Waals surface area contributed by atoms with Crippen molar-refractivity contribution in [1.82, 2.24) is 0 Å². The van der Waals surface area contributed by atoms with Crippen LogP contribution in [0.2, 0.25) is 0 Å². The minimum absolute atomic E-state index is 0.0323. The third-order valence-corrected chi connectivity index (χ3v) is 3.91. The minimum Gasteiger partial charge on any atom is -0.478 e. The Kier molecular flexibility index (Phi) is 3.92. The van der Waals surface area contributed by atoms with Crippen molar-refractivity contribution in [2.75, 3.05) is 11.4 Å². The van der Waals surface area contributed by atoms with Crippen LogP contribution in [0.15, 0.2) is 12.1 Å². The number of benzene rings is 1. The van der Waals surface area contributed by atoms with Gasteiger partial charge in [0.05, 0.1) is 16.1 Å². The van der Waals surface area contributed by atoms with Gasteiger partial charge >= 0.3 is 5.97 Å². The van der Waals surface area contributed by atoms with E-state index in [1.165, 1.54) is 0 Å². The average Bonchev–Trinajstić information content (AvgIpc) is 2.39. The summed E-state index contributed by atoms with van der Waals surface area (Å²) in [5.74, 6) is -1.14. The molecule has 1 atom stereocenters. The number of carboxylic acid groups (broad SMARTS) is 1. The SMILES string of the molecule is Cc1c(N2CCCCC2C)cc(C(=O)O)cc1[N+](=O)[O-]. The Morgan fingerprint density at radius 3 is 2.70 bits per heavy atom. The van der Waals surface area contributed by atoms with Crippen LogP contribution in [-0.2, 0) is 0 Å². The molecular formula is C14H18N2O4. The molecule has 1 N–H and O–H groups in total. The maximum atomic E-state index is 11.2. The Bertz CT molecular complexity index is 556. The third-order valence-electron chi connectivity index (χ3n) is 3.91. The first-order valence-corrected chi connectivity index (χ1v) is 6.70. The molecule has 1 heterocycles. The van der Waals surface area contributed by atoms with E-state index in [1.807, 2.05) is 0 Å². The van der Waals surface area contributed by atoms with Gasteiger partial charge in [-0.15, -0.1) is 0 Å². The van der Waals surface area contributed by atoms with E-state index in [4.69, 9.17) is 5.11 Å². The van der Waals surface area contributed by atoms with Gasteiger partial charge in [0.15, 0.2) is 0 Å². The number of anilines is 1. The molecule has 0 radical (unpaired) electrons. The highest BCUT2D eigenvalue weighted by Gasteiger charge is 2.26. The topological polar surface area (TPSA) is 83.7 Å². The summed E-state index contributed by atoms with van der Waals surface area (Å²) in [5.41, 5.74) is 1.05. The highest BCUT2D eigenvalue weighted by atomic mass is 16.6. The molecule has 0 aliphatic carbocycles. The second kappa shape index (κ2) is 5.48. The first-order valence-electron chi connectivity index (χ1n) is 6.70. The lowest BCUT2D eigenvalue weighted by Gasteiger charge is -2.36. The highest BCUT2D eigenvalue weighted by Crippen LogP contribution is 2.34. The van der Waals surface area contributed by atoms with Gasteiger partial charge in [-0.05, 0) is 39.2 Å². The molecule has 1 aromatic carbocycles. The summed E-state index contributed by atoms with van der Waals surface area (Å²) in [6.07, 6.45) is 3.18. The predicted molar refractivity (Wildman–Crippen MR) is 75.5 cm³/mol. The fourth-order valence-corrected chi connectivity index (χ4v) is 2.75. The lowest BCUT2D eigenvalue weighted by Crippen LogP contribution is -2.38. The van der Waals surface area contributed by atoms with Gasteiger partial charge in [-0.2, -0.15) is 0 Å². The molecule has 1 aliphatic rings. The van der Waals surface area contributed by atoms with Crippen molar-refractivity contribution in [3.63, 3.8) is 0 Å². The molecule has 6 heteroatoms. The second-order valence-corrected chi connectivity index (χ2v) is 5.24. The van der Waals surface area contributed by atoms with E-state index in [0.29, 0.717) is 11.3 Å². The number of hydrogen-bond acceptors (Lipinski definition) is 4. The summed E-state index contributed by atoms with van der Waals surface area (Å²) in [6.45, 7) is 4.56. The third kappa shape index (κ3) is 2.59. The van der Waals surface area contributed by atoms with Crippen molar-refractivity contribution < 1.29 is 14.8 Å². The Morgan fingerprint density at radius 1 is 1.45 bits per heavy atom. The number of aromatic carboxylic acids is 1. The lowest BCUT2D eigenvalue weighted by atomic mass is 9.99. The molecular weight excluding hydrogens is 260 g/mol. The van der Waals surface area contributed by atoms with Crippen molar-refractivity contribution in [3.8, 4) is 0 Å². The largest absolute Gasteiger partial charge is 0.478 e. The molecule has 0 spiro atoms. The van der Waals surface area contributed by atoms with Crippen LogP contribution in [0.1, 0.15) is 42.1 Å². The summed E-state index contributed by atoms with van der Waals surface area (Å²) in [4.78, 5) is 23.8. The quantitative estimate of drug-likeness (QED) is 0.678. The zero-order valence-electron chi connectivity index (χ0n) is 11.6. The number of piperidine rings is 1. The summed E-state index contributed by atoms with van der Waals surface area (Å²) in [7, 11) is 0. The van der Waals surface area contributed by atoms with Crippen LogP contribution in [0.3, 0.4) is 0 Å². The van der Waals surface area contributed by atoms with Gasteiger partial charge in [0.1, 0.15) is 0 Å². The molecule has 108 valence electrons. The van der Waals surface area contributed by atoms with Gasteiger partial charge < -0.3 is 10.0 Å². The van der Waals surface area contributed by atoms with E-state index in [0.717, 1.165) is 31.9 Å². The van der Waals surface area contributed by atoms with Crippen LogP contribution in [-0.4, -0.2) is 28.6 Å². The van der Waals surface area contributed by atoms with E-state index >= 15 is 0 Å². The van der Waals surface area contributed by atoms with E-state index in [-0.39, 0.29) is 17.3 Å². The smallest absolute Gasteiger partial charge is 0.336 e. The first kappa shape index (κ1) is 14.3. The van der Waals surface area contributed by atoms with E-state index in [1.54, 1.807) is 13.0 Å². The number of carboxylic acids is 1. The van der Waals surface area contributed by atoms with Gasteiger partial charge in [-0.3, -0.25) is 10.1 Å². The highest BCUT2D eigenvalue weighted by molar-refractivity contribution is 5.90. The van der Waals surface area contributed by atoms with E-state index < -0.39 is 10.9 Å². The maximum absolute atomic E-state index is 11.2. The zero-order valence-corrected chi connectivity index (χ0v) is 11.6. The Balaban J connectivity index is 2.55. The number of nitro benzene ring substituents is 1. The van der Waals surface area contributed by atoms with Crippen LogP contribution in [0.25, 0.3) is 0 Å². The van der Waals surface area contributed by atoms with Crippen molar-refractivity contribution in [2.45, 2.75) is 39.2 Å². The molecule has 1 aromatic rings. The number of rotatable bonds is 3. The molecule has 1 unspecified atom stereocenters. The number of carbonyl (C=O) groups is 1. The summed E-state index contributed by atoms with van der Waals surface area (Å²) in [6, 6.07) is 2.95. The molecule has 0 bridgehead atoms. The minimum atomic E-state index is -1.14. The standard InChI is InChI=1S/C14H18N2O4/c1-9-5-3-4-6-15(9)12-7-11(14(17)18)8-13(10(12)2)16(19)20/h7-9H,3-6H2,1-2H3,(H,17,18). The summed E-state index contributed by atoms with van der Waals surface area (Å²) < 4.78 is 0. The average molecular weight is 278 g/mol. The number of nitrogens with zero attached hydrogens (tertiary/aromatic N) is 2. The van der Waals surface area contributed by atoms with Crippen molar-refractivity contribution >= 4 is 17.3 Å². The predicted octanol–water partition coefficient (Wildman–Crippen LogP) is 2.98. The van der Waals surface area contributed by atoms with Crippen LogP contribution in [0.4, 0.5) is 11.4 Å². The van der Waals surface area contributed by atoms with Gasteiger partial charge in [-0.25, -0.2) is 4.79 Å². The number of hydrogen-bond donors (Lipinski definition) is 1. The molecule has 0 saturated carbocycles. The first-order chi connectivity index (χ1) is 9.41. The van der Waals surface area contributed by atoms with Gasteiger partial charge in [0.25, 0.3) is 5.69 Å². The molecule has 0 amide bonds. The molecule has 1 fully saturated rings. The molecule has 6 nitrogen and oxygen atoms in total. The van der Waals surface area contributed by atoms with Crippen molar-refractivity contribution in [1.29, 1.82) is 0 Å².